The van der Waals surface area contributed by atoms with Crippen LogP contribution in [0.25, 0.3) is 0 Å². The normalized spacial score (nSPS) is 31.1. The fourth-order valence-corrected chi connectivity index (χ4v) is 4.60. The second-order valence-corrected chi connectivity index (χ2v) is 8.16. The molecule has 3 atom stereocenters. The van der Waals surface area contributed by atoms with Crippen molar-refractivity contribution in [2.45, 2.75) is 45.3 Å². The first kappa shape index (κ1) is 18.2. The summed E-state index contributed by atoms with van der Waals surface area (Å²) >= 11 is 0. The molecule has 0 aromatic heterocycles. The van der Waals surface area contributed by atoms with Gasteiger partial charge in [0.25, 0.3) is 0 Å². The van der Waals surface area contributed by atoms with Gasteiger partial charge in [0.05, 0.1) is 18.5 Å². The lowest BCUT2D eigenvalue weighted by Crippen LogP contribution is -2.38. The van der Waals surface area contributed by atoms with Crippen molar-refractivity contribution in [1.82, 2.24) is 4.31 Å². The average Bonchev–Trinajstić information content (AvgIpc) is 2.74. The number of ether oxygens (including phenoxy) is 1. The molecule has 5 nitrogen and oxygen atoms in total. The van der Waals surface area contributed by atoms with Crippen molar-refractivity contribution in [3.05, 3.63) is 0 Å². The third-order valence-corrected chi connectivity index (χ3v) is 6.07. The van der Waals surface area contributed by atoms with Gasteiger partial charge in [-0.3, -0.25) is 0 Å². The van der Waals surface area contributed by atoms with E-state index in [0.717, 1.165) is 19.3 Å². The van der Waals surface area contributed by atoms with Crippen molar-refractivity contribution in [1.29, 1.82) is 0 Å². The maximum atomic E-state index is 12.3. The minimum absolute atomic E-state index is 0. The van der Waals surface area contributed by atoms with E-state index in [1.165, 1.54) is 0 Å². The molecule has 2 fully saturated rings. The molecule has 0 amide bonds. The summed E-state index contributed by atoms with van der Waals surface area (Å²) in [5.74, 6) is 0.902. The molecule has 0 bridgehead atoms. The number of fused-ring (bicyclic) bond motifs is 1. The van der Waals surface area contributed by atoms with E-state index in [1.807, 2.05) is 13.8 Å². The summed E-state index contributed by atoms with van der Waals surface area (Å²) in [5.41, 5.74) is 6.12. The highest BCUT2D eigenvalue weighted by Crippen LogP contribution is 2.36. The zero-order chi connectivity index (χ0) is 14.0. The molecule has 0 aromatic rings. The molecule has 0 radical (unpaired) electrons. The van der Waals surface area contributed by atoms with Crippen molar-refractivity contribution in [2.24, 2.45) is 17.6 Å². The van der Waals surface area contributed by atoms with Crippen LogP contribution in [0.4, 0.5) is 0 Å². The quantitative estimate of drug-likeness (QED) is 0.824. The third kappa shape index (κ3) is 4.31. The van der Waals surface area contributed by atoms with Gasteiger partial charge in [0.1, 0.15) is 0 Å². The lowest BCUT2D eigenvalue weighted by molar-refractivity contribution is 0.0907. The Morgan fingerprint density at radius 3 is 2.60 bits per heavy atom. The molecule has 0 spiro atoms. The number of nitrogens with two attached hydrogens (primary N) is 1. The summed E-state index contributed by atoms with van der Waals surface area (Å²) in [6.45, 7) is 5.36. The van der Waals surface area contributed by atoms with Gasteiger partial charge in [0.2, 0.25) is 10.0 Å². The minimum Gasteiger partial charge on any atom is -0.378 e. The van der Waals surface area contributed by atoms with Gasteiger partial charge in [-0.2, -0.15) is 0 Å². The molecule has 2 aliphatic rings. The zero-order valence-electron chi connectivity index (χ0n) is 12.3. The van der Waals surface area contributed by atoms with Gasteiger partial charge in [-0.15, -0.1) is 12.4 Å². The molecule has 1 saturated heterocycles. The Balaban J connectivity index is 0.00000200. The number of hydrogen-bond acceptors (Lipinski definition) is 4. The van der Waals surface area contributed by atoms with Crippen LogP contribution in [0, 0.1) is 11.8 Å². The molecule has 120 valence electrons. The third-order valence-electron chi connectivity index (χ3n) is 4.31. The molecule has 1 heterocycles. The van der Waals surface area contributed by atoms with E-state index < -0.39 is 10.0 Å². The zero-order valence-corrected chi connectivity index (χ0v) is 14.0. The van der Waals surface area contributed by atoms with Crippen LogP contribution in [0.1, 0.15) is 33.1 Å². The van der Waals surface area contributed by atoms with Crippen molar-refractivity contribution in [2.75, 3.05) is 25.4 Å². The van der Waals surface area contributed by atoms with E-state index in [9.17, 15) is 8.42 Å². The first-order valence-corrected chi connectivity index (χ1v) is 8.86. The second-order valence-electron chi connectivity index (χ2n) is 6.07. The van der Waals surface area contributed by atoms with E-state index in [2.05, 4.69) is 0 Å². The van der Waals surface area contributed by atoms with E-state index >= 15 is 0 Å². The SMILES string of the molecule is CC(C)OCCS(=O)(=O)N1CC2CCCC(N)C2C1.Cl. The molecule has 1 aliphatic carbocycles. The number of nitrogens with zero attached hydrogens (tertiary/aromatic N) is 1. The van der Waals surface area contributed by atoms with Gasteiger partial charge in [-0.05, 0) is 38.5 Å². The lowest BCUT2D eigenvalue weighted by Gasteiger charge is -2.29. The Kier molecular flexibility index (Phi) is 6.73. The Morgan fingerprint density at radius 1 is 1.30 bits per heavy atom. The molecule has 7 heteroatoms. The van der Waals surface area contributed by atoms with Crippen LogP contribution >= 0.6 is 12.4 Å². The van der Waals surface area contributed by atoms with Crippen molar-refractivity contribution >= 4 is 22.4 Å². The van der Waals surface area contributed by atoms with Crippen LogP contribution in [0.15, 0.2) is 0 Å². The standard InChI is InChI=1S/C13H26N2O3S.ClH/c1-10(2)18-6-7-19(16,17)15-8-11-4-3-5-13(14)12(11)9-15;/h10-13H,3-9,14H2,1-2H3;1H. The van der Waals surface area contributed by atoms with Crippen LogP contribution in [-0.2, 0) is 14.8 Å². The van der Waals surface area contributed by atoms with Crippen LogP contribution in [0.5, 0.6) is 0 Å². The fourth-order valence-electron chi connectivity index (χ4n) is 3.22. The summed E-state index contributed by atoms with van der Waals surface area (Å²) in [6, 6.07) is 0.172. The molecule has 2 N–H and O–H groups in total. The predicted octanol–water partition coefficient (Wildman–Crippen LogP) is 1.22. The van der Waals surface area contributed by atoms with E-state index in [-0.39, 0.29) is 36.9 Å². The summed E-state index contributed by atoms with van der Waals surface area (Å²) in [7, 11) is -3.18. The highest BCUT2D eigenvalue weighted by Gasteiger charge is 2.42. The highest BCUT2D eigenvalue weighted by molar-refractivity contribution is 7.89. The Bertz CT molecular complexity index is 402. The second kappa shape index (κ2) is 7.40. The maximum absolute atomic E-state index is 12.3. The predicted molar refractivity (Wildman–Crippen MR) is 82.5 cm³/mol. The Hall–Kier alpha value is 0.120. The van der Waals surface area contributed by atoms with Gasteiger partial charge in [-0.25, -0.2) is 12.7 Å². The number of sulfonamides is 1. The molecule has 0 aromatic carbocycles. The van der Waals surface area contributed by atoms with Crippen LogP contribution < -0.4 is 5.73 Å². The van der Waals surface area contributed by atoms with Crippen molar-refractivity contribution in [3.8, 4) is 0 Å². The highest BCUT2D eigenvalue weighted by atomic mass is 35.5. The minimum atomic E-state index is -3.18. The number of hydrogen-bond donors (Lipinski definition) is 1. The molecule has 1 saturated carbocycles. The molecule has 2 rings (SSSR count). The molecule has 3 unspecified atom stereocenters. The molecule has 1 aliphatic heterocycles. The van der Waals surface area contributed by atoms with Crippen LogP contribution in [-0.4, -0.2) is 50.3 Å². The van der Waals surface area contributed by atoms with Gasteiger partial charge >= 0.3 is 0 Å². The van der Waals surface area contributed by atoms with E-state index in [0.29, 0.717) is 24.9 Å². The summed E-state index contributed by atoms with van der Waals surface area (Å²) in [6.07, 6.45) is 3.36. The molecular formula is C13H27ClN2O3S. The molecular weight excluding hydrogens is 300 g/mol. The van der Waals surface area contributed by atoms with E-state index in [4.69, 9.17) is 10.5 Å². The monoisotopic (exact) mass is 326 g/mol. The maximum Gasteiger partial charge on any atom is 0.216 e. The van der Waals surface area contributed by atoms with Crippen LogP contribution in [0.3, 0.4) is 0 Å². The van der Waals surface area contributed by atoms with Crippen molar-refractivity contribution < 1.29 is 13.2 Å². The Morgan fingerprint density at radius 2 is 2.00 bits per heavy atom. The summed E-state index contributed by atoms with van der Waals surface area (Å²) in [5, 5.41) is 0. The summed E-state index contributed by atoms with van der Waals surface area (Å²) in [4.78, 5) is 0. The van der Waals surface area contributed by atoms with Crippen LogP contribution in [0.2, 0.25) is 0 Å². The van der Waals surface area contributed by atoms with Gasteiger partial charge in [0.15, 0.2) is 0 Å². The Labute approximate surface area is 128 Å². The number of rotatable bonds is 5. The summed E-state index contributed by atoms with van der Waals surface area (Å²) < 4.78 is 31.5. The fraction of sp³-hybridized carbons (Fsp3) is 1.00. The van der Waals surface area contributed by atoms with Gasteiger partial charge in [0, 0.05) is 19.1 Å². The average molecular weight is 327 g/mol. The first-order valence-electron chi connectivity index (χ1n) is 7.25. The topological polar surface area (TPSA) is 72.6 Å². The van der Waals surface area contributed by atoms with Gasteiger partial charge < -0.3 is 10.5 Å². The van der Waals surface area contributed by atoms with E-state index in [1.54, 1.807) is 4.31 Å². The van der Waals surface area contributed by atoms with Crippen molar-refractivity contribution in [3.63, 3.8) is 0 Å². The van der Waals surface area contributed by atoms with Gasteiger partial charge in [-0.1, -0.05) is 6.42 Å². The molecule has 20 heavy (non-hydrogen) atoms. The number of halogens is 1. The largest absolute Gasteiger partial charge is 0.378 e. The lowest BCUT2D eigenvalue weighted by atomic mass is 9.78. The first-order chi connectivity index (χ1) is 8.90. The smallest absolute Gasteiger partial charge is 0.216 e.